The third-order valence-corrected chi connectivity index (χ3v) is 3.39. The van der Waals surface area contributed by atoms with Gasteiger partial charge in [-0.2, -0.15) is 0 Å². The van der Waals surface area contributed by atoms with Crippen LogP contribution in [0.3, 0.4) is 0 Å². The van der Waals surface area contributed by atoms with Crippen LogP contribution in [0.1, 0.15) is 32.6 Å². The molecular formula is C10H14O3. The van der Waals surface area contributed by atoms with Gasteiger partial charge in [0.2, 0.25) is 0 Å². The van der Waals surface area contributed by atoms with Gasteiger partial charge in [0.05, 0.1) is 6.61 Å². The van der Waals surface area contributed by atoms with Gasteiger partial charge < -0.3 is 4.74 Å². The molecule has 1 aliphatic carbocycles. The van der Waals surface area contributed by atoms with Crippen LogP contribution in [-0.4, -0.2) is 18.4 Å². The number of carbonyl (C=O) groups excluding carboxylic acids is 2. The summed E-state index contributed by atoms with van der Waals surface area (Å²) in [6.07, 6.45) is 3.16. The van der Waals surface area contributed by atoms with Crippen LogP contribution in [0.2, 0.25) is 0 Å². The first kappa shape index (κ1) is 8.73. The van der Waals surface area contributed by atoms with Gasteiger partial charge in [-0.3, -0.25) is 9.59 Å². The van der Waals surface area contributed by atoms with Crippen LogP contribution in [0.4, 0.5) is 0 Å². The maximum atomic E-state index is 11.7. The molecule has 3 heteroatoms. The molecular weight excluding hydrogens is 168 g/mol. The summed E-state index contributed by atoms with van der Waals surface area (Å²) in [5, 5.41) is 0. The SMILES string of the molecule is C[C@H]1COC(=O)[C@@]12CCCCC2=O. The third kappa shape index (κ3) is 1.02. The van der Waals surface area contributed by atoms with E-state index in [1.54, 1.807) is 0 Å². The molecule has 0 unspecified atom stereocenters. The third-order valence-electron chi connectivity index (χ3n) is 3.39. The number of rotatable bonds is 0. The highest BCUT2D eigenvalue weighted by atomic mass is 16.5. The standard InChI is InChI=1S/C10H14O3/c1-7-6-13-9(12)10(7)5-3-2-4-8(10)11/h7H,2-6H2,1H3/t7-,10-/m0/s1. The van der Waals surface area contributed by atoms with Gasteiger partial charge in [0.1, 0.15) is 5.41 Å². The highest BCUT2D eigenvalue weighted by Crippen LogP contribution is 2.44. The van der Waals surface area contributed by atoms with Crippen LogP contribution in [0.5, 0.6) is 0 Å². The molecule has 1 heterocycles. The largest absolute Gasteiger partial charge is 0.465 e. The van der Waals surface area contributed by atoms with E-state index in [9.17, 15) is 9.59 Å². The van der Waals surface area contributed by atoms with Gasteiger partial charge in [0.15, 0.2) is 5.78 Å². The molecule has 13 heavy (non-hydrogen) atoms. The van der Waals surface area contributed by atoms with Crippen LogP contribution in [0.15, 0.2) is 0 Å². The van der Waals surface area contributed by atoms with Crippen molar-refractivity contribution in [2.45, 2.75) is 32.6 Å². The lowest BCUT2D eigenvalue weighted by atomic mass is 9.67. The number of hydrogen-bond donors (Lipinski definition) is 0. The Morgan fingerprint density at radius 2 is 2.15 bits per heavy atom. The van der Waals surface area contributed by atoms with E-state index in [4.69, 9.17) is 4.74 Å². The van der Waals surface area contributed by atoms with Crippen LogP contribution < -0.4 is 0 Å². The molecule has 1 saturated carbocycles. The van der Waals surface area contributed by atoms with Crippen LogP contribution in [0.25, 0.3) is 0 Å². The molecule has 0 radical (unpaired) electrons. The Hall–Kier alpha value is -0.860. The maximum Gasteiger partial charge on any atom is 0.320 e. The van der Waals surface area contributed by atoms with Gasteiger partial charge in [-0.25, -0.2) is 0 Å². The average Bonchev–Trinajstić information content (AvgIpc) is 2.39. The lowest BCUT2D eigenvalue weighted by Gasteiger charge is -2.30. The Morgan fingerprint density at radius 1 is 1.38 bits per heavy atom. The molecule has 2 rings (SSSR count). The normalized spacial score (nSPS) is 39.6. The van der Waals surface area contributed by atoms with Crippen molar-refractivity contribution in [3.63, 3.8) is 0 Å². The van der Waals surface area contributed by atoms with E-state index in [1.165, 1.54) is 0 Å². The van der Waals surface area contributed by atoms with Crippen molar-refractivity contribution in [3.05, 3.63) is 0 Å². The summed E-state index contributed by atoms with van der Waals surface area (Å²) >= 11 is 0. The van der Waals surface area contributed by atoms with E-state index in [0.717, 1.165) is 12.8 Å². The van der Waals surface area contributed by atoms with Gasteiger partial charge in [-0.15, -0.1) is 0 Å². The number of carbonyl (C=O) groups is 2. The average molecular weight is 182 g/mol. The highest BCUT2D eigenvalue weighted by molar-refractivity contribution is 6.05. The molecule has 1 saturated heterocycles. The van der Waals surface area contributed by atoms with Gasteiger partial charge in [0.25, 0.3) is 0 Å². The van der Waals surface area contributed by atoms with Crippen molar-refractivity contribution < 1.29 is 14.3 Å². The van der Waals surface area contributed by atoms with Crippen LogP contribution >= 0.6 is 0 Å². The summed E-state index contributed by atoms with van der Waals surface area (Å²) in [4.78, 5) is 23.3. The van der Waals surface area contributed by atoms with Crippen LogP contribution in [0, 0.1) is 11.3 Å². The van der Waals surface area contributed by atoms with E-state index in [-0.39, 0.29) is 17.7 Å². The first-order valence-electron chi connectivity index (χ1n) is 4.88. The number of cyclic esters (lactones) is 1. The molecule has 2 fully saturated rings. The van der Waals surface area contributed by atoms with Crippen molar-refractivity contribution >= 4 is 11.8 Å². The van der Waals surface area contributed by atoms with Crippen LogP contribution in [-0.2, 0) is 14.3 Å². The minimum absolute atomic E-state index is 0.0767. The predicted octanol–water partition coefficient (Wildman–Crippen LogP) is 1.31. The second-order valence-electron chi connectivity index (χ2n) is 4.10. The number of esters is 1. The van der Waals surface area contributed by atoms with Gasteiger partial charge >= 0.3 is 5.97 Å². The fraction of sp³-hybridized carbons (Fsp3) is 0.800. The Balaban J connectivity index is 2.34. The van der Waals surface area contributed by atoms with Gasteiger partial charge in [-0.1, -0.05) is 13.3 Å². The van der Waals surface area contributed by atoms with E-state index in [2.05, 4.69) is 0 Å². The molecule has 1 spiro atoms. The summed E-state index contributed by atoms with van der Waals surface area (Å²) in [5.74, 6) is -0.0914. The van der Waals surface area contributed by atoms with Crippen molar-refractivity contribution in [1.82, 2.24) is 0 Å². The molecule has 0 aromatic rings. The summed E-state index contributed by atoms with van der Waals surface area (Å²) in [7, 11) is 0. The fourth-order valence-corrected chi connectivity index (χ4v) is 2.46. The number of ketones is 1. The Labute approximate surface area is 77.4 Å². The van der Waals surface area contributed by atoms with Crippen molar-refractivity contribution in [2.24, 2.45) is 11.3 Å². The van der Waals surface area contributed by atoms with Crippen molar-refractivity contribution in [3.8, 4) is 0 Å². The zero-order chi connectivity index (χ0) is 9.47. The van der Waals surface area contributed by atoms with E-state index in [0.29, 0.717) is 19.4 Å². The molecule has 0 aromatic heterocycles. The van der Waals surface area contributed by atoms with Crippen molar-refractivity contribution in [2.75, 3.05) is 6.61 Å². The molecule has 1 aliphatic heterocycles. The highest BCUT2D eigenvalue weighted by Gasteiger charge is 2.55. The molecule has 72 valence electrons. The quantitative estimate of drug-likeness (QED) is 0.419. The first-order chi connectivity index (χ1) is 6.18. The van der Waals surface area contributed by atoms with E-state index >= 15 is 0 Å². The zero-order valence-electron chi connectivity index (χ0n) is 7.84. The summed E-state index contributed by atoms with van der Waals surface area (Å²) < 4.78 is 4.97. The van der Waals surface area contributed by atoms with Crippen molar-refractivity contribution in [1.29, 1.82) is 0 Å². The predicted molar refractivity (Wildman–Crippen MR) is 46.0 cm³/mol. The number of hydrogen-bond acceptors (Lipinski definition) is 3. The fourth-order valence-electron chi connectivity index (χ4n) is 2.46. The molecule has 0 N–H and O–H groups in total. The lowest BCUT2D eigenvalue weighted by Crippen LogP contribution is -2.42. The molecule has 2 aliphatic rings. The second-order valence-corrected chi connectivity index (χ2v) is 4.10. The van der Waals surface area contributed by atoms with Gasteiger partial charge in [-0.05, 0) is 12.8 Å². The molecule has 3 nitrogen and oxygen atoms in total. The summed E-state index contributed by atoms with van der Waals surface area (Å²) in [6.45, 7) is 2.36. The second kappa shape index (κ2) is 2.82. The Kier molecular flexibility index (Phi) is 1.90. The lowest BCUT2D eigenvalue weighted by molar-refractivity contribution is -0.153. The Bertz CT molecular complexity index is 259. The minimum atomic E-state index is -0.752. The Morgan fingerprint density at radius 3 is 2.69 bits per heavy atom. The maximum absolute atomic E-state index is 11.7. The zero-order valence-corrected chi connectivity index (χ0v) is 7.84. The van der Waals surface area contributed by atoms with E-state index in [1.807, 2.05) is 6.92 Å². The smallest absolute Gasteiger partial charge is 0.320 e. The number of Topliss-reactive ketones (excluding diaryl/α,β-unsaturated/α-hetero) is 1. The molecule has 0 aromatic carbocycles. The topological polar surface area (TPSA) is 43.4 Å². The van der Waals surface area contributed by atoms with Gasteiger partial charge in [0, 0.05) is 12.3 Å². The first-order valence-corrected chi connectivity index (χ1v) is 4.88. The monoisotopic (exact) mass is 182 g/mol. The molecule has 2 atom stereocenters. The molecule has 0 amide bonds. The molecule has 0 bridgehead atoms. The van der Waals surface area contributed by atoms with E-state index < -0.39 is 5.41 Å². The summed E-state index contributed by atoms with van der Waals surface area (Å²) in [5.41, 5.74) is -0.752. The minimum Gasteiger partial charge on any atom is -0.465 e. The number of ether oxygens (including phenoxy) is 1. The summed E-state index contributed by atoms with van der Waals surface area (Å²) in [6, 6.07) is 0.